The van der Waals surface area contributed by atoms with Gasteiger partial charge in [-0.2, -0.15) is 10.1 Å². The number of carboxylic acid groups (broad SMARTS) is 1. The molecular formula is C15H10N2O5. The van der Waals surface area contributed by atoms with E-state index in [0.717, 1.165) is 5.23 Å². The van der Waals surface area contributed by atoms with Crippen LogP contribution in [0, 0.1) is 11.3 Å². The lowest BCUT2D eigenvalue weighted by Gasteiger charge is -2.12. The number of rotatable bonds is 3. The maximum atomic E-state index is 11.0. The van der Waals surface area contributed by atoms with Gasteiger partial charge in [-0.15, -0.1) is 0 Å². The molecule has 1 aliphatic rings. The van der Waals surface area contributed by atoms with E-state index in [1.807, 2.05) is 6.07 Å². The van der Waals surface area contributed by atoms with Crippen molar-refractivity contribution in [3.05, 3.63) is 65.2 Å². The quantitative estimate of drug-likeness (QED) is 0.870. The van der Waals surface area contributed by atoms with Crippen molar-refractivity contribution in [3.8, 4) is 6.07 Å². The number of carbonyl (C=O) groups is 1. The van der Waals surface area contributed by atoms with Crippen molar-refractivity contribution < 1.29 is 24.6 Å². The Kier molecular flexibility index (Phi) is 3.72. The average Bonchev–Trinajstić information content (AvgIpc) is 3.04. The van der Waals surface area contributed by atoms with Crippen molar-refractivity contribution in [1.29, 1.82) is 5.26 Å². The summed E-state index contributed by atoms with van der Waals surface area (Å²) in [6.45, 7) is 0. The summed E-state index contributed by atoms with van der Waals surface area (Å²) in [5.74, 6) is -1.06. The normalized spacial score (nSPS) is 17.2. The Hall–Kier alpha value is -2.92. The smallest absolute Gasteiger partial charge is 0.335 e. The molecule has 7 heteroatoms. The van der Waals surface area contributed by atoms with E-state index in [1.54, 1.807) is 36.4 Å². The highest BCUT2D eigenvalue weighted by Gasteiger charge is 2.31. The third kappa shape index (κ3) is 2.62. The molecule has 1 aliphatic heterocycles. The zero-order valence-corrected chi connectivity index (χ0v) is 11.2. The maximum absolute atomic E-state index is 11.0. The zero-order chi connectivity index (χ0) is 15.5. The third-order valence-corrected chi connectivity index (χ3v) is 3.03. The minimum Gasteiger partial charge on any atom is -0.478 e. The van der Waals surface area contributed by atoms with E-state index in [-0.39, 0.29) is 5.56 Å². The molecule has 7 nitrogen and oxygen atoms in total. The first-order valence-corrected chi connectivity index (χ1v) is 6.32. The molecule has 0 amide bonds. The van der Waals surface area contributed by atoms with Crippen molar-refractivity contribution in [2.45, 2.75) is 6.29 Å². The predicted molar refractivity (Wildman–Crippen MR) is 73.0 cm³/mol. The number of benzene rings is 2. The number of aromatic carboxylic acids is 1. The summed E-state index contributed by atoms with van der Waals surface area (Å²) in [4.78, 5) is 26.4. The lowest BCUT2D eigenvalue weighted by molar-refractivity contribution is -0.286. The zero-order valence-electron chi connectivity index (χ0n) is 11.2. The fourth-order valence-electron chi connectivity index (χ4n) is 1.97. The molecule has 0 spiro atoms. The maximum Gasteiger partial charge on any atom is 0.335 e. The molecule has 2 aromatic rings. The van der Waals surface area contributed by atoms with Gasteiger partial charge in [-0.25, -0.2) is 9.63 Å². The molecule has 1 atom stereocenters. The number of nitrogens with zero attached hydrogens (tertiary/aromatic N) is 2. The van der Waals surface area contributed by atoms with Gasteiger partial charge in [0.05, 0.1) is 22.9 Å². The molecule has 2 aromatic carbocycles. The summed E-state index contributed by atoms with van der Waals surface area (Å²) < 4.78 is 0. The van der Waals surface area contributed by atoms with Gasteiger partial charge < -0.3 is 5.11 Å². The van der Waals surface area contributed by atoms with E-state index in [2.05, 4.69) is 0 Å². The van der Waals surface area contributed by atoms with Crippen LogP contribution in [0.1, 0.15) is 27.8 Å². The lowest BCUT2D eigenvalue weighted by atomic mass is 10.1. The molecule has 110 valence electrons. The Bertz CT molecular complexity index is 756. The number of carboxylic acids is 1. The van der Waals surface area contributed by atoms with Crippen molar-refractivity contribution in [2.75, 3.05) is 5.23 Å². The van der Waals surface area contributed by atoms with Crippen LogP contribution in [0.3, 0.4) is 0 Å². The highest BCUT2D eigenvalue weighted by atomic mass is 17.4. The molecule has 0 saturated carbocycles. The molecule has 1 fully saturated rings. The summed E-state index contributed by atoms with van der Waals surface area (Å²) in [6, 6.07) is 14.8. The lowest BCUT2D eigenvalue weighted by Crippen LogP contribution is -2.15. The molecule has 0 bridgehead atoms. The second kappa shape index (κ2) is 5.83. The van der Waals surface area contributed by atoms with E-state index in [4.69, 9.17) is 25.1 Å². The largest absolute Gasteiger partial charge is 0.478 e. The molecule has 1 heterocycles. The van der Waals surface area contributed by atoms with Crippen molar-refractivity contribution in [3.63, 3.8) is 0 Å². The van der Waals surface area contributed by atoms with Gasteiger partial charge in [0.15, 0.2) is 0 Å². The molecule has 0 radical (unpaired) electrons. The van der Waals surface area contributed by atoms with E-state index in [0.29, 0.717) is 16.8 Å². The Balaban J connectivity index is 1.82. The fraction of sp³-hybridized carbons (Fsp3) is 0.0667. The second-order valence-corrected chi connectivity index (χ2v) is 4.42. The van der Waals surface area contributed by atoms with E-state index in [1.165, 1.54) is 12.1 Å². The Labute approximate surface area is 125 Å². The molecular weight excluding hydrogens is 288 g/mol. The number of hydrogen-bond donors (Lipinski definition) is 1. The molecule has 0 aliphatic carbocycles. The van der Waals surface area contributed by atoms with Gasteiger partial charge in [-0.3, -0.25) is 0 Å². The van der Waals surface area contributed by atoms with E-state index >= 15 is 0 Å². The van der Waals surface area contributed by atoms with Crippen LogP contribution in [0.4, 0.5) is 5.69 Å². The first-order chi connectivity index (χ1) is 10.7. The first kappa shape index (κ1) is 14.0. The van der Waals surface area contributed by atoms with Gasteiger partial charge in [-0.05, 0) is 24.3 Å². The molecule has 1 N–H and O–H groups in total. The molecule has 3 rings (SSSR count). The first-order valence-electron chi connectivity index (χ1n) is 6.32. The van der Waals surface area contributed by atoms with Gasteiger partial charge >= 0.3 is 5.97 Å². The standard InChI is InChI=1S/C15H10N2O5/c16-9-11-4-1-2-7-13(11)15-20-17(22-21-15)12-6-3-5-10(8-12)14(18)19/h1-8,15H,(H,18,19). The fourth-order valence-corrected chi connectivity index (χ4v) is 1.97. The highest BCUT2D eigenvalue weighted by Crippen LogP contribution is 2.32. The number of anilines is 1. The Morgan fingerprint density at radius 2 is 2.05 bits per heavy atom. The van der Waals surface area contributed by atoms with Crippen LogP contribution in [0.15, 0.2) is 48.5 Å². The van der Waals surface area contributed by atoms with Crippen molar-refractivity contribution >= 4 is 11.7 Å². The number of hydrogen-bond acceptors (Lipinski definition) is 6. The molecule has 0 aromatic heterocycles. The topological polar surface area (TPSA) is 92.0 Å². The molecule has 1 unspecified atom stereocenters. The van der Waals surface area contributed by atoms with Crippen LogP contribution >= 0.6 is 0 Å². The highest BCUT2D eigenvalue weighted by molar-refractivity contribution is 5.88. The van der Waals surface area contributed by atoms with Crippen LogP contribution in [0.2, 0.25) is 0 Å². The average molecular weight is 298 g/mol. The molecule has 1 saturated heterocycles. The summed E-state index contributed by atoms with van der Waals surface area (Å²) in [6.07, 6.45) is -0.913. The minimum absolute atomic E-state index is 0.0885. The molecule has 22 heavy (non-hydrogen) atoms. The van der Waals surface area contributed by atoms with Gasteiger partial charge in [0.2, 0.25) is 6.29 Å². The third-order valence-electron chi connectivity index (χ3n) is 3.03. The van der Waals surface area contributed by atoms with E-state index in [9.17, 15) is 4.79 Å². The van der Waals surface area contributed by atoms with Crippen LogP contribution < -0.4 is 5.23 Å². The van der Waals surface area contributed by atoms with Gasteiger partial charge in [-0.1, -0.05) is 34.5 Å². The minimum atomic E-state index is -1.06. The van der Waals surface area contributed by atoms with Crippen LogP contribution in [0.25, 0.3) is 0 Å². The van der Waals surface area contributed by atoms with Crippen LogP contribution in [0.5, 0.6) is 0 Å². The van der Waals surface area contributed by atoms with Gasteiger partial charge in [0.1, 0.15) is 0 Å². The Morgan fingerprint density at radius 3 is 2.82 bits per heavy atom. The van der Waals surface area contributed by atoms with E-state index < -0.39 is 12.3 Å². The SMILES string of the molecule is N#Cc1ccccc1C1OON(c2cccc(C(=O)O)c2)O1. The summed E-state index contributed by atoms with van der Waals surface area (Å²) in [5, 5.41) is 19.0. The second-order valence-electron chi connectivity index (χ2n) is 4.42. The Morgan fingerprint density at radius 1 is 1.23 bits per heavy atom. The van der Waals surface area contributed by atoms with Crippen LogP contribution in [-0.2, 0) is 14.7 Å². The van der Waals surface area contributed by atoms with Gasteiger partial charge in [0, 0.05) is 5.56 Å². The summed E-state index contributed by atoms with van der Waals surface area (Å²) >= 11 is 0. The monoisotopic (exact) mass is 298 g/mol. The van der Waals surface area contributed by atoms with Crippen molar-refractivity contribution in [2.24, 2.45) is 0 Å². The number of nitriles is 1. The van der Waals surface area contributed by atoms with Crippen molar-refractivity contribution in [1.82, 2.24) is 0 Å². The van der Waals surface area contributed by atoms with Crippen LogP contribution in [-0.4, -0.2) is 11.1 Å². The predicted octanol–water partition coefficient (Wildman–Crippen LogP) is 2.57. The van der Waals surface area contributed by atoms with Gasteiger partial charge in [0.25, 0.3) is 0 Å². The summed E-state index contributed by atoms with van der Waals surface area (Å²) in [5.41, 5.74) is 1.36. The summed E-state index contributed by atoms with van der Waals surface area (Å²) in [7, 11) is 0.